The molecule has 0 radical (unpaired) electrons. The minimum Gasteiger partial charge on any atom is -0.457 e. The molecule has 0 amide bonds. The van der Waals surface area contributed by atoms with Crippen molar-refractivity contribution in [1.82, 2.24) is 0 Å². The second-order valence-electron chi connectivity index (χ2n) is 5.61. The second-order valence-corrected chi connectivity index (χ2v) is 5.61. The van der Waals surface area contributed by atoms with Gasteiger partial charge in [0.1, 0.15) is 5.60 Å². The lowest BCUT2D eigenvalue weighted by Gasteiger charge is -2.21. The number of allylic oxidation sites excluding steroid dienone is 1. The number of hydrogen-bond acceptors (Lipinski definition) is 2. The Morgan fingerprint density at radius 2 is 1.50 bits per heavy atom. The molecule has 0 aliphatic rings. The van der Waals surface area contributed by atoms with Gasteiger partial charge in [0.05, 0.1) is 0 Å². The summed E-state index contributed by atoms with van der Waals surface area (Å²) in [6.45, 7) is 13.8. The van der Waals surface area contributed by atoms with Gasteiger partial charge in [-0.25, -0.2) is 4.79 Å². The van der Waals surface area contributed by atoms with Crippen molar-refractivity contribution in [2.45, 2.75) is 54.1 Å². The number of esters is 1. The fraction of sp³-hybridized carbons (Fsp3) is 0.750. The van der Waals surface area contributed by atoms with E-state index >= 15 is 0 Å². The van der Waals surface area contributed by atoms with Gasteiger partial charge in [-0.1, -0.05) is 26.3 Å². The Balaban J connectivity index is 4.46. The first-order valence-corrected chi connectivity index (χ1v) is 4.94. The third kappa shape index (κ3) is 5.79. The Hall–Kier alpha value is -0.790. The number of hydrogen-bond donors (Lipinski definition) is 0. The summed E-state index contributed by atoms with van der Waals surface area (Å²) in [5.74, 6) is -0.259. The van der Waals surface area contributed by atoms with Gasteiger partial charge >= 0.3 is 5.97 Å². The lowest BCUT2D eigenvalue weighted by Crippen LogP contribution is -2.23. The first-order chi connectivity index (χ1) is 6.02. The number of ether oxygens (including phenoxy) is 1. The third-order valence-corrected chi connectivity index (χ3v) is 1.92. The highest BCUT2D eigenvalue weighted by molar-refractivity contribution is 5.83. The van der Waals surface area contributed by atoms with Crippen molar-refractivity contribution in [3.63, 3.8) is 0 Å². The van der Waals surface area contributed by atoms with E-state index in [1.807, 2.05) is 27.7 Å². The summed E-state index contributed by atoms with van der Waals surface area (Å²) >= 11 is 0. The molecule has 0 aromatic carbocycles. The smallest absolute Gasteiger partial charge is 0.331 e. The van der Waals surface area contributed by atoms with Crippen LogP contribution >= 0.6 is 0 Å². The van der Waals surface area contributed by atoms with Gasteiger partial charge in [0, 0.05) is 6.08 Å². The fourth-order valence-electron chi connectivity index (χ4n) is 0.725. The fourth-order valence-corrected chi connectivity index (χ4v) is 0.725. The first kappa shape index (κ1) is 13.2. The van der Waals surface area contributed by atoms with Crippen LogP contribution in [0.15, 0.2) is 11.6 Å². The van der Waals surface area contributed by atoms with E-state index in [0.29, 0.717) is 0 Å². The summed E-state index contributed by atoms with van der Waals surface area (Å²) in [4.78, 5) is 11.4. The summed E-state index contributed by atoms with van der Waals surface area (Å²) in [6, 6.07) is 0. The van der Waals surface area contributed by atoms with Crippen LogP contribution in [0.3, 0.4) is 0 Å². The molecule has 0 aliphatic carbocycles. The van der Waals surface area contributed by atoms with E-state index in [1.54, 1.807) is 6.08 Å². The average Bonchev–Trinajstić information content (AvgIpc) is 1.79. The monoisotopic (exact) mass is 198 g/mol. The lowest BCUT2D eigenvalue weighted by atomic mass is 9.87. The molecular weight excluding hydrogens is 176 g/mol. The highest BCUT2D eigenvalue weighted by Crippen LogP contribution is 2.24. The predicted molar refractivity (Wildman–Crippen MR) is 59.1 cm³/mol. The minimum absolute atomic E-state index is 0.0247. The molecule has 2 nitrogen and oxygen atoms in total. The molecule has 0 rings (SSSR count). The SMILES string of the molecule is CC(=CC(=O)OC(C)(C)C)C(C)(C)C. The average molecular weight is 198 g/mol. The number of carbonyl (C=O) groups excluding carboxylic acids is 1. The van der Waals surface area contributed by atoms with Gasteiger partial charge in [0.25, 0.3) is 0 Å². The standard InChI is InChI=1S/C12H22O2/c1-9(11(2,3)4)8-10(13)14-12(5,6)7/h8H,1-7H3. The van der Waals surface area contributed by atoms with Gasteiger partial charge in [-0.3, -0.25) is 0 Å². The molecule has 0 saturated heterocycles. The minimum atomic E-state index is -0.411. The Morgan fingerprint density at radius 1 is 1.07 bits per heavy atom. The van der Waals surface area contributed by atoms with Gasteiger partial charge in [0.15, 0.2) is 0 Å². The molecule has 0 bridgehead atoms. The van der Waals surface area contributed by atoms with E-state index in [1.165, 1.54) is 0 Å². The molecule has 0 atom stereocenters. The van der Waals surface area contributed by atoms with Gasteiger partial charge in [-0.15, -0.1) is 0 Å². The molecule has 0 spiro atoms. The third-order valence-electron chi connectivity index (χ3n) is 1.92. The van der Waals surface area contributed by atoms with Gasteiger partial charge in [-0.05, 0) is 33.1 Å². The van der Waals surface area contributed by atoms with Crippen LogP contribution in [0.25, 0.3) is 0 Å². The first-order valence-electron chi connectivity index (χ1n) is 4.94. The molecule has 0 aromatic heterocycles. The quantitative estimate of drug-likeness (QED) is 0.477. The van der Waals surface area contributed by atoms with E-state index in [-0.39, 0.29) is 11.4 Å². The summed E-state index contributed by atoms with van der Waals surface area (Å²) < 4.78 is 5.19. The number of rotatable bonds is 1. The van der Waals surface area contributed by atoms with Gasteiger partial charge in [-0.2, -0.15) is 0 Å². The Kier molecular flexibility index (Phi) is 3.92. The maximum Gasteiger partial charge on any atom is 0.331 e. The molecule has 0 saturated carbocycles. The molecule has 0 fully saturated rings. The zero-order valence-corrected chi connectivity index (χ0v) is 10.4. The van der Waals surface area contributed by atoms with Crippen LogP contribution in [-0.4, -0.2) is 11.6 Å². The topological polar surface area (TPSA) is 26.3 Å². The summed E-state index contributed by atoms with van der Waals surface area (Å²) in [6.07, 6.45) is 1.57. The van der Waals surface area contributed by atoms with Gasteiger partial charge < -0.3 is 4.74 Å². The highest BCUT2D eigenvalue weighted by Gasteiger charge is 2.18. The normalized spacial score (nSPS) is 14.1. The molecule has 82 valence electrons. The van der Waals surface area contributed by atoms with Crippen molar-refractivity contribution in [2.24, 2.45) is 5.41 Å². The van der Waals surface area contributed by atoms with Crippen molar-refractivity contribution in [3.05, 3.63) is 11.6 Å². The van der Waals surface area contributed by atoms with Crippen molar-refractivity contribution >= 4 is 5.97 Å². The molecule has 2 heteroatoms. The van der Waals surface area contributed by atoms with Crippen LogP contribution in [0.5, 0.6) is 0 Å². The molecule has 0 aromatic rings. The van der Waals surface area contributed by atoms with Crippen molar-refractivity contribution < 1.29 is 9.53 Å². The van der Waals surface area contributed by atoms with Crippen LogP contribution < -0.4 is 0 Å². The molecular formula is C12H22O2. The number of carbonyl (C=O) groups is 1. The zero-order valence-electron chi connectivity index (χ0n) is 10.4. The van der Waals surface area contributed by atoms with Crippen molar-refractivity contribution in [2.75, 3.05) is 0 Å². The van der Waals surface area contributed by atoms with Crippen molar-refractivity contribution in [3.8, 4) is 0 Å². The largest absolute Gasteiger partial charge is 0.457 e. The summed E-state index contributed by atoms with van der Waals surface area (Å²) in [7, 11) is 0. The second kappa shape index (κ2) is 4.16. The van der Waals surface area contributed by atoms with E-state index in [9.17, 15) is 4.79 Å². The van der Waals surface area contributed by atoms with Crippen LogP contribution in [0.1, 0.15) is 48.5 Å². The molecule has 14 heavy (non-hydrogen) atoms. The van der Waals surface area contributed by atoms with E-state index in [0.717, 1.165) is 5.57 Å². The Labute approximate surface area is 87.3 Å². The van der Waals surface area contributed by atoms with Crippen LogP contribution in [-0.2, 0) is 9.53 Å². The maximum atomic E-state index is 11.4. The molecule has 0 heterocycles. The van der Waals surface area contributed by atoms with Crippen molar-refractivity contribution in [1.29, 1.82) is 0 Å². The predicted octanol–water partition coefficient (Wildman–Crippen LogP) is 3.32. The maximum absolute atomic E-state index is 11.4. The summed E-state index contributed by atoms with van der Waals surface area (Å²) in [5.41, 5.74) is 0.648. The molecule has 0 N–H and O–H groups in total. The van der Waals surface area contributed by atoms with Crippen LogP contribution in [0.4, 0.5) is 0 Å². The molecule has 0 unspecified atom stereocenters. The Bertz CT molecular complexity index is 236. The molecule has 0 aliphatic heterocycles. The summed E-state index contributed by atoms with van der Waals surface area (Å²) in [5, 5.41) is 0. The van der Waals surface area contributed by atoms with Crippen LogP contribution in [0.2, 0.25) is 0 Å². The van der Waals surface area contributed by atoms with Gasteiger partial charge in [0.2, 0.25) is 0 Å². The van der Waals surface area contributed by atoms with Crippen LogP contribution in [0, 0.1) is 5.41 Å². The zero-order chi connectivity index (χ0) is 11.6. The highest BCUT2D eigenvalue weighted by atomic mass is 16.6. The van der Waals surface area contributed by atoms with E-state index in [4.69, 9.17) is 4.74 Å². The van der Waals surface area contributed by atoms with E-state index in [2.05, 4.69) is 20.8 Å². The lowest BCUT2D eigenvalue weighted by molar-refractivity contribution is -0.148. The van der Waals surface area contributed by atoms with E-state index < -0.39 is 5.60 Å². The Morgan fingerprint density at radius 3 is 1.79 bits per heavy atom.